The van der Waals surface area contributed by atoms with Gasteiger partial charge in [0.05, 0.1) is 11.6 Å². The number of thiazole rings is 1. The van der Waals surface area contributed by atoms with Crippen molar-refractivity contribution in [2.45, 2.75) is 38.6 Å². The van der Waals surface area contributed by atoms with Gasteiger partial charge in [0.15, 0.2) is 5.69 Å². The number of aromatic nitrogens is 1. The first-order valence-electron chi connectivity index (χ1n) is 7.64. The van der Waals surface area contributed by atoms with Crippen LogP contribution >= 0.6 is 11.3 Å². The minimum Gasteiger partial charge on any atom is -0.476 e. The van der Waals surface area contributed by atoms with E-state index in [0.717, 1.165) is 55.4 Å². The SMILES string of the molecule is CCc1ccc(CN2CCCC(c3nc(C(=O)O)cs3)C2)o1. The fourth-order valence-electron chi connectivity index (χ4n) is 2.89. The number of carboxylic acid groups (broad SMARTS) is 1. The third kappa shape index (κ3) is 3.39. The van der Waals surface area contributed by atoms with Crippen LogP contribution in [0, 0.1) is 0 Å². The molecule has 1 N–H and O–H groups in total. The van der Waals surface area contributed by atoms with Crippen LogP contribution < -0.4 is 0 Å². The van der Waals surface area contributed by atoms with Crippen LogP contribution in [0.2, 0.25) is 0 Å². The molecule has 0 bridgehead atoms. The number of carboxylic acids is 1. The zero-order valence-electron chi connectivity index (χ0n) is 12.6. The lowest BCUT2D eigenvalue weighted by atomic mass is 9.98. The fourth-order valence-corrected chi connectivity index (χ4v) is 3.81. The molecule has 3 heterocycles. The molecule has 0 aromatic carbocycles. The molecule has 1 aliphatic rings. The van der Waals surface area contributed by atoms with Crippen LogP contribution in [0.5, 0.6) is 0 Å². The van der Waals surface area contributed by atoms with E-state index < -0.39 is 5.97 Å². The average Bonchev–Trinajstić information content (AvgIpc) is 3.16. The third-order valence-electron chi connectivity index (χ3n) is 4.04. The first-order valence-corrected chi connectivity index (χ1v) is 8.52. The number of carbonyl (C=O) groups is 1. The monoisotopic (exact) mass is 320 g/mol. The Kier molecular flexibility index (Phi) is 4.59. The Hall–Kier alpha value is -1.66. The molecule has 0 amide bonds. The summed E-state index contributed by atoms with van der Waals surface area (Å²) >= 11 is 1.46. The molecule has 2 aromatic rings. The molecule has 22 heavy (non-hydrogen) atoms. The summed E-state index contributed by atoms with van der Waals surface area (Å²) in [4.78, 5) is 17.6. The van der Waals surface area contributed by atoms with Crippen LogP contribution in [-0.2, 0) is 13.0 Å². The summed E-state index contributed by atoms with van der Waals surface area (Å²) in [6.45, 7) is 4.86. The molecule has 1 atom stereocenters. The Bertz CT molecular complexity index is 649. The number of likely N-dealkylation sites (tertiary alicyclic amines) is 1. The fraction of sp³-hybridized carbons (Fsp3) is 0.500. The van der Waals surface area contributed by atoms with E-state index in [9.17, 15) is 4.79 Å². The van der Waals surface area contributed by atoms with E-state index >= 15 is 0 Å². The summed E-state index contributed by atoms with van der Waals surface area (Å²) in [7, 11) is 0. The quantitative estimate of drug-likeness (QED) is 0.915. The van der Waals surface area contributed by atoms with Crippen molar-refractivity contribution in [3.8, 4) is 0 Å². The molecule has 0 saturated carbocycles. The van der Waals surface area contributed by atoms with Gasteiger partial charge in [-0.1, -0.05) is 6.92 Å². The van der Waals surface area contributed by atoms with Gasteiger partial charge in [0.1, 0.15) is 11.5 Å². The van der Waals surface area contributed by atoms with Gasteiger partial charge in [0, 0.05) is 24.3 Å². The predicted molar refractivity (Wildman–Crippen MR) is 84.4 cm³/mol. The van der Waals surface area contributed by atoms with Crippen molar-refractivity contribution >= 4 is 17.3 Å². The van der Waals surface area contributed by atoms with Crippen LogP contribution in [0.1, 0.15) is 52.7 Å². The van der Waals surface area contributed by atoms with Crippen molar-refractivity contribution in [3.63, 3.8) is 0 Å². The van der Waals surface area contributed by atoms with Gasteiger partial charge < -0.3 is 9.52 Å². The van der Waals surface area contributed by atoms with Gasteiger partial charge in [-0.3, -0.25) is 4.90 Å². The van der Waals surface area contributed by atoms with Gasteiger partial charge in [-0.05, 0) is 31.5 Å². The number of hydrogen-bond donors (Lipinski definition) is 1. The number of rotatable bonds is 5. The van der Waals surface area contributed by atoms with Crippen LogP contribution in [0.4, 0.5) is 0 Å². The largest absolute Gasteiger partial charge is 0.476 e. The molecular formula is C16H20N2O3S. The average molecular weight is 320 g/mol. The van der Waals surface area contributed by atoms with E-state index in [1.807, 2.05) is 12.1 Å². The number of aromatic carboxylic acids is 1. The van der Waals surface area contributed by atoms with Gasteiger partial charge in [0.25, 0.3) is 0 Å². The maximum absolute atomic E-state index is 11.0. The maximum Gasteiger partial charge on any atom is 0.355 e. The standard InChI is InChI=1S/C16H20N2O3S/c1-2-12-5-6-13(21-12)9-18-7-3-4-11(8-18)15-17-14(10-22-15)16(19)20/h5-6,10-11H,2-4,7-9H2,1H3,(H,19,20). The molecular weight excluding hydrogens is 300 g/mol. The first kappa shape index (κ1) is 15.2. The van der Waals surface area contributed by atoms with Crippen LogP contribution in [0.15, 0.2) is 21.9 Å². The number of aryl methyl sites for hydroxylation is 1. The summed E-state index contributed by atoms with van der Waals surface area (Å²) < 4.78 is 5.78. The predicted octanol–water partition coefficient (Wildman–Crippen LogP) is 3.38. The molecule has 1 unspecified atom stereocenters. The highest BCUT2D eigenvalue weighted by molar-refractivity contribution is 7.09. The second-order valence-electron chi connectivity index (χ2n) is 5.67. The number of hydrogen-bond acceptors (Lipinski definition) is 5. The highest BCUT2D eigenvalue weighted by atomic mass is 32.1. The van der Waals surface area contributed by atoms with Crippen molar-refractivity contribution in [3.05, 3.63) is 39.7 Å². The number of furan rings is 1. The molecule has 0 spiro atoms. The Morgan fingerprint density at radius 2 is 2.32 bits per heavy atom. The van der Waals surface area contributed by atoms with E-state index in [1.54, 1.807) is 5.38 Å². The lowest BCUT2D eigenvalue weighted by molar-refractivity contribution is 0.0691. The zero-order valence-corrected chi connectivity index (χ0v) is 13.4. The number of piperidine rings is 1. The molecule has 1 fully saturated rings. The normalized spacial score (nSPS) is 19.4. The summed E-state index contributed by atoms with van der Waals surface area (Å²) in [5.74, 6) is 1.41. The Morgan fingerprint density at radius 3 is 3.00 bits per heavy atom. The van der Waals surface area contributed by atoms with Crippen LogP contribution in [0.25, 0.3) is 0 Å². The first-order chi connectivity index (χ1) is 10.7. The van der Waals surface area contributed by atoms with Gasteiger partial charge in [-0.25, -0.2) is 9.78 Å². The molecule has 1 saturated heterocycles. The lowest BCUT2D eigenvalue weighted by Crippen LogP contribution is -2.33. The third-order valence-corrected chi connectivity index (χ3v) is 5.05. The van der Waals surface area contributed by atoms with Crippen molar-refractivity contribution in [2.75, 3.05) is 13.1 Å². The van der Waals surface area contributed by atoms with Gasteiger partial charge in [-0.15, -0.1) is 11.3 Å². The van der Waals surface area contributed by atoms with E-state index in [2.05, 4.69) is 16.8 Å². The smallest absolute Gasteiger partial charge is 0.355 e. The van der Waals surface area contributed by atoms with Crippen molar-refractivity contribution in [1.29, 1.82) is 0 Å². The second kappa shape index (κ2) is 6.62. The Labute approximate surface area is 133 Å². The maximum atomic E-state index is 11.0. The van der Waals surface area contributed by atoms with Crippen molar-refractivity contribution < 1.29 is 14.3 Å². The summed E-state index contributed by atoms with van der Waals surface area (Å²) in [6.07, 6.45) is 3.09. The number of nitrogens with zero attached hydrogens (tertiary/aromatic N) is 2. The molecule has 2 aromatic heterocycles. The highest BCUT2D eigenvalue weighted by Crippen LogP contribution is 2.30. The minimum absolute atomic E-state index is 0.163. The van der Waals surface area contributed by atoms with Gasteiger partial charge >= 0.3 is 5.97 Å². The van der Waals surface area contributed by atoms with E-state index in [4.69, 9.17) is 9.52 Å². The molecule has 3 rings (SSSR count). The minimum atomic E-state index is -0.946. The highest BCUT2D eigenvalue weighted by Gasteiger charge is 2.25. The molecule has 5 nitrogen and oxygen atoms in total. The Morgan fingerprint density at radius 1 is 1.50 bits per heavy atom. The lowest BCUT2D eigenvalue weighted by Gasteiger charge is -2.31. The second-order valence-corrected chi connectivity index (χ2v) is 6.56. The molecule has 118 valence electrons. The van der Waals surface area contributed by atoms with Crippen LogP contribution in [0.3, 0.4) is 0 Å². The van der Waals surface area contributed by atoms with E-state index in [0.29, 0.717) is 5.92 Å². The van der Waals surface area contributed by atoms with E-state index in [-0.39, 0.29) is 5.69 Å². The summed E-state index contributed by atoms with van der Waals surface area (Å²) in [5, 5.41) is 11.6. The summed E-state index contributed by atoms with van der Waals surface area (Å²) in [5.41, 5.74) is 0.163. The van der Waals surface area contributed by atoms with Crippen molar-refractivity contribution in [2.24, 2.45) is 0 Å². The zero-order chi connectivity index (χ0) is 15.5. The summed E-state index contributed by atoms with van der Waals surface area (Å²) in [6, 6.07) is 4.09. The molecule has 0 aliphatic carbocycles. The molecule has 6 heteroatoms. The Balaban J connectivity index is 1.64. The van der Waals surface area contributed by atoms with E-state index in [1.165, 1.54) is 11.3 Å². The topological polar surface area (TPSA) is 66.6 Å². The van der Waals surface area contributed by atoms with Crippen molar-refractivity contribution in [1.82, 2.24) is 9.88 Å². The van der Waals surface area contributed by atoms with Gasteiger partial charge in [0.2, 0.25) is 0 Å². The molecule has 0 radical (unpaired) electrons. The van der Waals surface area contributed by atoms with Gasteiger partial charge in [-0.2, -0.15) is 0 Å². The van der Waals surface area contributed by atoms with Crippen LogP contribution in [-0.4, -0.2) is 34.0 Å². The molecule has 1 aliphatic heterocycles.